The van der Waals surface area contributed by atoms with Gasteiger partial charge in [-0.05, 0) is 55.8 Å². The molecule has 0 spiro atoms. The molecule has 3 aromatic carbocycles. The summed E-state index contributed by atoms with van der Waals surface area (Å²) in [7, 11) is 5.26. The molecule has 1 unspecified atom stereocenters. The summed E-state index contributed by atoms with van der Waals surface area (Å²) in [6.45, 7) is 1.72. The van der Waals surface area contributed by atoms with Gasteiger partial charge >= 0.3 is 11.9 Å². The minimum Gasteiger partial charge on any atom is -0.530 e. The van der Waals surface area contributed by atoms with Crippen LogP contribution >= 0.6 is 0 Å². The highest BCUT2D eigenvalue weighted by molar-refractivity contribution is 5.94. The molecule has 3 aromatic heterocycles. The van der Waals surface area contributed by atoms with Crippen LogP contribution in [-0.2, 0) is 9.59 Å². The molecule has 2 saturated heterocycles. The number of aromatic nitrogens is 5. The van der Waals surface area contributed by atoms with E-state index in [1.807, 2.05) is 109 Å². The van der Waals surface area contributed by atoms with Gasteiger partial charge < -0.3 is 24.7 Å². The Kier molecular flexibility index (Phi) is 10.7. The highest BCUT2D eigenvalue weighted by atomic mass is 16.4. The van der Waals surface area contributed by atoms with Gasteiger partial charge in [0.15, 0.2) is 6.04 Å². The molecule has 2 fully saturated rings. The number of hydrogen-bond donors (Lipinski definition) is 2. The lowest BCUT2D eigenvalue weighted by atomic mass is 10.0. The fourth-order valence-electron chi connectivity index (χ4n) is 8.56. The average molecular weight is 778 g/mol. The molecular weight excluding hydrogens is 731 g/mol. The number of quaternary nitrogens is 1. The van der Waals surface area contributed by atoms with Gasteiger partial charge in [-0.1, -0.05) is 84.9 Å². The number of carbonyl (C=O) groups excluding carboxylic acids is 3. The zero-order chi connectivity index (χ0) is 40.4. The van der Waals surface area contributed by atoms with Gasteiger partial charge in [0.2, 0.25) is 5.91 Å². The fourth-order valence-corrected chi connectivity index (χ4v) is 8.56. The van der Waals surface area contributed by atoms with E-state index in [9.17, 15) is 19.5 Å². The van der Waals surface area contributed by atoms with Crippen molar-refractivity contribution in [3.8, 4) is 33.8 Å². The number of amides is 3. The predicted octanol–water partition coefficient (Wildman–Crippen LogP) is 6.14. The minimum absolute atomic E-state index is 0.0737. The summed E-state index contributed by atoms with van der Waals surface area (Å²) < 4.78 is -0.0778. The first kappa shape index (κ1) is 38.4. The Labute approximate surface area is 337 Å². The fraction of sp³-hybridized carbons (Fsp3) is 0.289. The lowest BCUT2D eigenvalue weighted by Gasteiger charge is -2.36. The highest BCUT2D eigenvalue weighted by Crippen LogP contribution is 2.37. The zero-order valence-corrected chi connectivity index (χ0v) is 32.9. The Bertz CT molecular complexity index is 2370. The number of benzene rings is 3. The summed E-state index contributed by atoms with van der Waals surface area (Å²) in [5.74, 6) is 1.08. The molecule has 2 aliphatic rings. The molecule has 13 nitrogen and oxygen atoms in total. The van der Waals surface area contributed by atoms with Crippen LogP contribution in [0.15, 0.2) is 116 Å². The van der Waals surface area contributed by atoms with Crippen LogP contribution in [0.25, 0.3) is 33.8 Å². The van der Waals surface area contributed by atoms with Gasteiger partial charge in [0.1, 0.15) is 18.0 Å². The number of aromatic amines is 2. The predicted molar refractivity (Wildman–Crippen MR) is 220 cm³/mol. The van der Waals surface area contributed by atoms with Crippen LogP contribution < -0.4 is 9.59 Å². The number of nitrogens with one attached hydrogen (secondary N) is 2. The molecule has 0 saturated carbocycles. The van der Waals surface area contributed by atoms with E-state index in [4.69, 9.17) is 15.0 Å². The van der Waals surface area contributed by atoms with Gasteiger partial charge in [-0.25, -0.2) is 9.78 Å². The van der Waals surface area contributed by atoms with E-state index < -0.39 is 12.1 Å². The van der Waals surface area contributed by atoms with Crippen LogP contribution in [0.3, 0.4) is 0 Å². The topological polar surface area (TPSA) is 154 Å². The monoisotopic (exact) mass is 777 g/mol. The Balaban J connectivity index is 0.969. The molecule has 0 radical (unpaired) electrons. The Hall–Kier alpha value is -6.44. The lowest BCUT2D eigenvalue weighted by molar-refractivity contribution is -0.266. The molecule has 3 atom stereocenters. The maximum atomic E-state index is 14.4. The van der Waals surface area contributed by atoms with Gasteiger partial charge in [-0.2, -0.15) is 9.47 Å². The van der Waals surface area contributed by atoms with Crippen LogP contribution in [0.4, 0.5) is 10.7 Å². The first-order valence-corrected chi connectivity index (χ1v) is 19.7. The molecule has 13 heteroatoms. The number of H-pyrrole nitrogens is 2. The van der Waals surface area contributed by atoms with E-state index in [-0.39, 0.29) is 28.4 Å². The second kappa shape index (κ2) is 16.2. The van der Waals surface area contributed by atoms with Crippen molar-refractivity contribution < 1.29 is 19.5 Å². The van der Waals surface area contributed by atoms with Gasteiger partial charge in [-0.3, -0.25) is 19.7 Å². The maximum absolute atomic E-state index is 14.4. The summed E-state index contributed by atoms with van der Waals surface area (Å²) in [6.07, 6.45) is 7.33. The third-order valence-corrected chi connectivity index (χ3v) is 11.6. The average Bonchev–Trinajstić information content (AvgIpc) is 4.09. The smallest absolute Gasteiger partial charge is 0.348 e. The summed E-state index contributed by atoms with van der Waals surface area (Å²) in [6, 6.07) is 29.3. The Morgan fingerprint density at radius 2 is 1.31 bits per heavy atom. The van der Waals surface area contributed by atoms with Crippen molar-refractivity contribution >= 4 is 23.9 Å². The molecule has 2 N–H and O–H groups in total. The van der Waals surface area contributed by atoms with Crippen LogP contribution in [0.2, 0.25) is 0 Å². The van der Waals surface area contributed by atoms with Crippen molar-refractivity contribution in [2.45, 2.75) is 43.8 Å². The zero-order valence-electron chi connectivity index (χ0n) is 32.9. The number of likely N-dealkylation sites (N-methyl/N-ethyl adjacent to an activating group) is 2. The summed E-state index contributed by atoms with van der Waals surface area (Å²) >= 11 is 0. The Morgan fingerprint density at radius 1 is 0.707 bits per heavy atom. The number of carbonyl (C=O) groups is 3. The third kappa shape index (κ3) is 7.30. The highest BCUT2D eigenvalue weighted by Gasteiger charge is 2.50. The number of carboxylic acid groups (broad SMARTS) is 1. The van der Waals surface area contributed by atoms with E-state index in [1.165, 1.54) is 7.05 Å². The van der Waals surface area contributed by atoms with Gasteiger partial charge in [-0.15, -0.1) is 0 Å². The van der Waals surface area contributed by atoms with Gasteiger partial charge in [0.05, 0.1) is 48.6 Å². The molecule has 296 valence electrons. The SMILES string of the molecule is CN(C)C(C(=O)N1CCC[C@H]1c1ncc(-c2ccc(-c3ccc(-c4cnc([N+]5(C(=O)[C@@H](c6ccccc6)N(C)C(=O)[O-])CCCC5)[nH]4)cc3)nc2)[nH]1)c1ccccc1. The second-order valence-corrected chi connectivity index (χ2v) is 15.4. The molecule has 6 aromatic rings. The van der Waals surface area contributed by atoms with Gasteiger partial charge in [0, 0.05) is 43.8 Å². The van der Waals surface area contributed by atoms with Crippen LogP contribution in [-0.4, -0.2) is 98.3 Å². The number of rotatable bonds is 11. The molecule has 0 bridgehead atoms. The number of nitrogens with zero attached hydrogens (tertiary/aromatic N) is 7. The second-order valence-electron chi connectivity index (χ2n) is 15.4. The molecule has 2 aliphatic heterocycles. The van der Waals surface area contributed by atoms with Crippen molar-refractivity contribution in [3.63, 3.8) is 0 Å². The lowest BCUT2D eigenvalue weighted by Crippen LogP contribution is -2.58. The van der Waals surface area contributed by atoms with Crippen molar-refractivity contribution in [3.05, 3.63) is 133 Å². The molecular formula is C45H47N9O4. The normalized spacial score (nSPS) is 17.3. The summed E-state index contributed by atoms with van der Waals surface area (Å²) in [4.78, 5) is 66.4. The maximum Gasteiger partial charge on any atom is 0.348 e. The van der Waals surface area contributed by atoms with Crippen molar-refractivity contribution in [2.24, 2.45) is 0 Å². The van der Waals surface area contributed by atoms with Crippen LogP contribution in [0.1, 0.15) is 60.8 Å². The van der Waals surface area contributed by atoms with Gasteiger partial charge in [0.25, 0.3) is 0 Å². The van der Waals surface area contributed by atoms with Crippen LogP contribution in [0, 0.1) is 0 Å². The largest absolute Gasteiger partial charge is 0.530 e. The van der Waals surface area contributed by atoms with Crippen molar-refractivity contribution in [1.29, 1.82) is 0 Å². The quantitative estimate of drug-likeness (QED) is 0.149. The number of imidazole rings is 2. The Morgan fingerprint density at radius 3 is 1.93 bits per heavy atom. The molecule has 8 rings (SSSR count). The van der Waals surface area contributed by atoms with E-state index in [1.54, 1.807) is 30.5 Å². The van der Waals surface area contributed by atoms with Crippen LogP contribution in [0.5, 0.6) is 0 Å². The minimum atomic E-state index is -1.42. The first-order valence-electron chi connectivity index (χ1n) is 19.7. The first-order chi connectivity index (χ1) is 28.1. The number of hydrogen-bond acceptors (Lipinski definition) is 8. The molecule has 58 heavy (non-hydrogen) atoms. The summed E-state index contributed by atoms with van der Waals surface area (Å²) in [5, 5.41) is 12.0. The van der Waals surface area contributed by atoms with E-state index in [0.29, 0.717) is 31.1 Å². The standard InChI is InChI=1S/C45H47N9O4/c1-51(2)39(32-13-6-4-7-14-32)42(55)53-24-12-17-38(53)41-47-28-37(49-41)34-22-23-35(46-27-34)30-18-20-31(21-19-30)36-29-48-44(50-36)54(25-10-11-26-54)43(56)40(52(3)45(57)58)33-15-8-5-9-16-33/h4-9,13-16,18-23,27-29,38-40H,10-12,17,24-26H2,1-3H3,(H2-,46,47,48,49,50,57,58)/t38-,39?,40+/m0/s1. The number of likely N-dealkylation sites (tertiary alicyclic amines) is 2. The van der Waals surface area contributed by atoms with E-state index in [2.05, 4.69) is 9.97 Å². The summed E-state index contributed by atoms with van der Waals surface area (Å²) in [5.41, 5.74) is 6.67. The number of pyridine rings is 1. The van der Waals surface area contributed by atoms with E-state index in [0.717, 1.165) is 75.7 Å². The molecule has 5 heterocycles. The third-order valence-electron chi connectivity index (χ3n) is 11.6. The molecule has 0 aliphatic carbocycles. The van der Waals surface area contributed by atoms with Crippen molar-refractivity contribution in [2.75, 3.05) is 40.8 Å². The van der Waals surface area contributed by atoms with E-state index >= 15 is 0 Å². The molecule has 3 amide bonds. The van der Waals surface area contributed by atoms with Crippen molar-refractivity contribution in [1.82, 2.24) is 44.1 Å².